The van der Waals surface area contributed by atoms with E-state index in [-0.39, 0.29) is 0 Å². The van der Waals surface area contributed by atoms with Gasteiger partial charge in [-0.25, -0.2) is 9.97 Å². The molecule has 0 spiro atoms. The van der Waals surface area contributed by atoms with Crippen LogP contribution in [0.15, 0.2) is 24.1 Å². The van der Waals surface area contributed by atoms with Gasteiger partial charge in [-0.2, -0.15) is 0 Å². The van der Waals surface area contributed by atoms with Gasteiger partial charge in [0.15, 0.2) is 4.47 Å². The third kappa shape index (κ3) is 1.65. The van der Waals surface area contributed by atoms with Gasteiger partial charge in [0.2, 0.25) is 0 Å². The van der Waals surface area contributed by atoms with E-state index in [4.69, 9.17) is 11.6 Å². The molecule has 3 nitrogen and oxygen atoms in total. The molecule has 0 aliphatic rings. The van der Waals surface area contributed by atoms with Gasteiger partial charge in [-0.1, -0.05) is 11.6 Å². The minimum absolute atomic E-state index is 0.588. The van der Waals surface area contributed by atoms with Crippen LogP contribution < -0.4 is 0 Å². The van der Waals surface area contributed by atoms with Crippen LogP contribution in [-0.4, -0.2) is 14.5 Å². The Morgan fingerprint density at radius 1 is 1.58 bits per heavy atom. The first-order valence-corrected chi connectivity index (χ1v) is 4.66. The molecular weight excluding hydrogens is 194 g/mol. The molecule has 0 atom stereocenters. The van der Waals surface area contributed by atoms with E-state index in [1.807, 2.05) is 16.1 Å². The van der Waals surface area contributed by atoms with Crippen molar-refractivity contribution < 1.29 is 0 Å². The van der Waals surface area contributed by atoms with E-state index in [0.29, 0.717) is 4.47 Å². The quantitative estimate of drug-likeness (QED) is 0.741. The number of nitrogens with zero attached hydrogens (tertiary/aromatic N) is 3. The Hall–Kier alpha value is -0.870. The molecule has 0 radical (unpaired) electrons. The molecule has 2 rings (SSSR count). The van der Waals surface area contributed by atoms with Crippen LogP contribution in [0.5, 0.6) is 0 Å². The summed E-state index contributed by atoms with van der Waals surface area (Å²) in [6, 6.07) is 0. The normalized spacial score (nSPS) is 10.4. The van der Waals surface area contributed by atoms with Crippen molar-refractivity contribution in [1.29, 1.82) is 0 Å². The summed E-state index contributed by atoms with van der Waals surface area (Å²) in [7, 11) is 0. The van der Waals surface area contributed by atoms with E-state index >= 15 is 0 Å². The Bertz CT molecular complexity index is 354. The lowest BCUT2D eigenvalue weighted by Gasteiger charge is -1.95. The topological polar surface area (TPSA) is 30.7 Å². The maximum absolute atomic E-state index is 5.68. The molecule has 0 saturated heterocycles. The van der Waals surface area contributed by atoms with E-state index in [9.17, 15) is 0 Å². The Morgan fingerprint density at radius 2 is 2.50 bits per heavy atom. The molecule has 0 fully saturated rings. The minimum atomic E-state index is 0.588. The van der Waals surface area contributed by atoms with Crippen LogP contribution in [0.2, 0.25) is 4.47 Å². The number of thiazole rings is 1. The van der Waals surface area contributed by atoms with Crippen molar-refractivity contribution in [3.05, 3.63) is 34.3 Å². The Kier molecular flexibility index (Phi) is 2.10. The zero-order valence-electron chi connectivity index (χ0n) is 6.14. The molecule has 2 aromatic rings. The summed E-state index contributed by atoms with van der Waals surface area (Å²) < 4.78 is 2.54. The summed E-state index contributed by atoms with van der Waals surface area (Å²) in [6.45, 7) is 0.739. The second-order valence-electron chi connectivity index (χ2n) is 2.33. The Labute approximate surface area is 78.7 Å². The predicted octanol–water partition coefficient (Wildman–Crippen LogP) is 2.04. The molecular formula is C7H6ClN3S. The Balaban J connectivity index is 2.14. The van der Waals surface area contributed by atoms with Crippen LogP contribution in [0, 0.1) is 0 Å². The summed E-state index contributed by atoms with van der Waals surface area (Å²) >= 11 is 7.13. The molecule has 0 aliphatic heterocycles. The SMILES string of the molecule is Clc1nc(Cn2ccnc2)cs1. The van der Waals surface area contributed by atoms with E-state index in [1.54, 1.807) is 12.5 Å². The van der Waals surface area contributed by atoms with Crippen LogP contribution >= 0.6 is 22.9 Å². The molecule has 0 amide bonds. The molecule has 0 unspecified atom stereocenters. The molecule has 0 aromatic carbocycles. The molecule has 2 heterocycles. The van der Waals surface area contributed by atoms with E-state index in [1.165, 1.54) is 11.3 Å². The summed E-state index contributed by atoms with van der Waals surface area (Å²) in [5.74, 6) is 0. The number of hydrogen-bond acceptors (Lipinski definition) is 3. The first kappa shape index (κ1) is 7.76. The molecule has 62 valence electrons. The first-order valence-electron chi connectivity index (χ1n) is 3.40. The minimum Gasteiger partial charge on any atom is -0.331 e. The maximum atomic E-state index is 5.68. The zero-order chi connectivity index (χ0) is 8.39. The van der Waals surface area contributed by atoms with Crippen molar-refractivity contribution in [3.63, 3.8) is 0 Å². The fraction of sp³-hybridized carbons (Fsp3) is 0.143. The number of imidazole rings is 1. The smallest absolute Gasteiger partial charge is 0.183 e. The van der Waals surface area contributed by atoms with Gasteiger partial charge in [0.05, 0.1) is 18.6 Å². The lowest BCUT2D eigenvalue weighted by atomic mass is 10.5. The highest BCUT2D eigenvalue weighted by Gasteiger charge is 1.99. The highest BCUT2D eigenvalue weighted by atomic mass is 35.5. The van der Waals surface area contributed by atoms with Crippen molar-refractivity contribution in [3.8, 4) is 0 Å². The van der Waals surface area contributed by atoms with Gasteiger partial charge in [0, 0.05) is 17.8 Å². The second kappa shape index (κ2) is 3.25. The van der Waals surface area contributed by atoms with E-state index in [2.05, 4.69) is 9.97 Å². The third-order valence-corrected chi connectivity index (χ3v) is 2.45. The van der Waals surface area contributed by atoms with E-state index in [0.717, 1.165) is 12.2 Å². The van der Waals surface area contributed by atoms with Crippen LogP contribution in [0.4, 0.5) is 0 Å². The van der Waals surface area contributed by atoms with Gasteiger partial charge in [0.1, 0.15) is 0 Å². The average Bonchev–Trinajstić information content (AvgIpc) is 2.63. The fourth-order valence-electron chi connectivity index (χ4n) is 0.922. The summed E-state index contributed by atoms with van der Waals surface area (Å²) in [4.78, 5) is 8.05. The molecule has 0 N–H and O–H groups in total. The number of halogens is 1. The molecule has 12 heavy (non-hydrogen) atoms. The van der Waals surface area contributed by atoms with Crippen molar-refractivity contribution in [2.45, 2.75) is 6.54 Å². The van der Waals surface area contributed by atoms with Gasteiger partial charge in [0.25, 0.3) is 0 Å². The van der Waals surface area contributed by atoms with Gasteiger partial charge in [-0.3, -0.25) is 0 Å². The molecule has 2 aromatic heterocycles. The maximum Gasteiger partial charge on any atom is 0.183 e. The number of aromatic nitrogens is 3. The average molecular weight is 200 g/mol. The van der Waals surface area contributed by atoms with Crippen molar-refractivity contribution >= 4 is 22.9 Å². The van der Waals surface area contributed by atoms with Crippen LogP contribution in [-0.2, 0) is 6.54 Å². The zero-order valence-corrected chi connectivity index (χ0v) is 7.72. The summed E-state index contributed by atoms with van der Waals surface area (Å²) in [5.41, 5.74) is 0.975. The lowest BCUT2D eigenvalue weighted by molar-refractivity contribution is 0.779. The molecule has 0 aliphatic carbocycles. The van der Waals surface area contributed by atoms with Crippen LogP contribution in [0.3, 0.4) is 0 Å². The van der Waals surface area contributed by atoms with Crippen LogP contribution in [0.25, 0.3) is 0 Å². The van der Waals surface area contributed by atoms with E-state index < -0.39 is 0 Å². The van der Waals surface area contributed by atoms with Gasteiger partial charge in [-0.05, 0) is 0 Å². The summed E-state index contributed by atoms with van der Waals surface area (Å²) in [5, 5.41) is 1.95. The van der Waals surface area contributed by atoms with Crippen molar-refractivity contribution in [1.82, 2.24) is 14.5 Å². The second-order valence-corrected chi connectivity index (χ2v) is 3.77. The molecule has 5 heteroatoms. The monoisotopic (exact) mass is 199 g/mol. The van der Waals surface area contributed by atoms with Crippen LogP contribution in [0.1, 0.15) is 5.69 Å². The third-order valence-electron chi connectivity index (χ3n) is 1.43. The predicted molar refractivity (Wildman–Crippen MR) is 48.5 cm³/mol. The molecule has 0 bridgehead atoms. The standard InChI is InChI=1S/C7H6ClN3S/c8-7-10-6(4-12-7)3-11-2-1-9-5-11/h1-2,4-5H,3H2. The first-order chi connectivity index (χ1) is 5.84. The fourth-order valence-corrected chi connectivity index (χ4v) is 1.69. The number of rotatable bonds is 2. The summed E-state index contributed by atoms with van der Waals surface area (Å²) in [6.07, 6.45) is 5.40. The van der Waals surface area contributed by atoms with Crippen molar-refractivity contribution in [2.24, 2.45) is 0 Å². The largest absolute Gasteiger partial charge is 0.331 e. The molecule has 0 saturated carbocycles. The highest BCUT2D eigenvalue weighted by molar-refractivity contribution is 7.13. The van der Waals surface area contributed by atoms with Crippen molar-refractivity contribution in [2.75, 3.05) is 0 Å². The van der Waals surface area contributed by atoms with Gasteiger partial charge in [-0.15, -0.1) is 11.3 Å². The number of hydrogen-bond donors (Lipinski definition) is 0. The van der Waals surface area contributed by atoms with Gasteiger partial charge < -0.3 is 4.57 Å². The lowest BCUT2D eigenvalue weighted by Crippen LogP contribution is -1.95. The van der Waals surface area contributed by atoms with Gasteiger partial charge >= 0.3 is 0 Å². The highest BCUT2D eigenvalue weighted by Crippen LogP contribution is 2.15. The Morgan fingerprint density at radius 3 is 3.08 bits per heavy atom.